The van der Waals surface area contributed by atoms with Crippen LogP contribution in [0.3, 0.4) is 0 Å². The zero-order valence-corrected chi connectivity index (χ0v) is 18.7. The monoisotopic (exact) mass is 470 g/mol. The fourth-order valence-electron chi connectivity index (χ4n) is 3.27. The van der Waals surface area contributed by atoms with Gasteiger partial charge in [-0.15, -0.1) is 0 Å². The van der Waals surface area contributed by atoms with E-state index >= 15 is 0 Å². The number of hydrogen-bond donors (Lipinski definition) is 1. The third-order valence-electron chi connectivity index (χ3n) is 4.97. The first-order valence-corrected chi connectivity index (χ1v) is 10.8. The highest BCUT2D eigenvalue weighted by atomic mass is 35.5. The second kappa shape index (κ2) is 10.5. The summed E-state index contributed by atoms with van der Waals surface area (Å²) in [5, 5.41) is 12.7. The Labute approximate surface area is 200 Å². The molecule has 168 valence electrons. The lowest BCUT2D eigenvalue weighted by Gasteiger charge is -2.11. The number of amides is 1. The first kappa shape index (κ1) is 22.8. The molecule has 0 unspecified atom stereocenters. The fourth-order valence-corrected chi connectivity index (χ4v) is 3.44. The van der Waals surface area contributed by atoms with Crippen molar-refractivity contribution in [3.05, 3.63) is 111 Å². The molecule has 7 nitrogen and oxygen atoms in total. The zero-order chi connectivity index (χ0) is 23.9. The number of benzene rings is 2. The second-order valence-electron chi connectivity index (χ2n) is 7.26. The maximum Gasteiger partial charge on any atom is 0.269 e. The van der Waals surface area contributed by atoms with Crippen LogP contribution in [-0.4, -0.2) is 21.8 Å². The molecular formula is C26H19ClN4O3. The standard InChI is InChI=1S/C26H19ClN4O3/c27-21-10-4-5-11-22(21)34-25-20(26(33)31-15-7-6-12-23(31)30-25)16-19(17-28)24(32)29-14-13-18-8-2-1-3-9-18/h1-12,15-16H,13-14H2,(H,29,32). The van der Waals surface area contributed by atoms with E-state index in [1.54, 1.807) is 48.7 Å². The van der Waals surface area contributed by atoms with Crippen LogP contribution in [0.1, 0.15) is 11.1 Å². The van der Waals surface area contributed by atoms with Crippen LogP contribution in [0, 0.1) is 11.3 Å². The van der Waals surface area contributed by atoms with E-state index in [-0.39, 0.29) is 22.8 Å². The molecule has 34 heavy (non-hydrogen) atoms. The lowest BCUT2D eigenvalue weighted by atomic mass is 10.1. The van der Waals surface area contributed by atoms with Crippen LogP contribution >= 0.6 is 11.6 Å². The van der Waals surface area contributed by atoms with E-state index in [2.05, 4.69) is 10.3 Å². The van der Waals surface area contributed by atoms with Crippen LogP contribution in [0.2, 0.25) is 5.02 Å². The summed E-state index contributed by atoms with van der Waals surface area (Å²) in [6.07, 6.45) is 3.35. The van der Waals surface area contributed by atoms with Gasteiger partial charge in [-0.1, -0.05) is 60.1 Å². The maximum atomic E-state index is 13.2. The maximum absolute atomic E-state index is 13.2. The molecule has 0 saturated heterocycles. The first-order chi connectivity index (χ1) is 16.6. The predicted octanol–water partition coefficient (Wildman–Crippen LogP) is 4.41. The second-order valence-corrected chi connectivity index (χ2v) is 7.67. The summed E-state index contributed by atoms with van der Waals surface area (Å²) in [6, 6.07) is 23.3. The molecule has 0 aliphatic rings. The number of para-hydroxylation sites is 1. The van der Waals surface area contributed by atoms with Crippen molar-refractivity contribution < 1.29 is 9.53 Å². The molecule has 0 aliphatic heterocycles. The Morgan fingerprint density at radius 3 is 2.59 bits per heavy atom. The van der Waals surface area contributed by atoms with Gasteiger partial charge in [0.2, 0.25) is 5.88 Å². The Balaban J connectivity index is 1.68. The van der Waals surface area contributed by atoms with Gasteiger partial charge in [-0.05, 0) is 42.3 Å². The van der Waals surface area contributed by atoms with E-state index in [9.17, 15) is 14.9 Å². The summed E-state index contributed by atoms with van der Waals surface area (Å²) in [5.41, 5.74) is 0.623. The van der Waals surface area contributed by atoms with E-state index in [1.807, 2.05) is 36.4 Å². The highest BCUT2D eigenvalue weighted by Crippen LogP contribution is 2.29. The number of fused-ring (bicyclic) bond motifs is 1. The number of rotatable bonds is 7. The molecule has 2 aromatic carbocycles. The SMILES string of the molecule is N#CC(=Cc1c(Oc2ccccc2Cl)nc2ccccn2c1=O)C(=O)NCCc1ccccc1. The van der Waals surface area contributed by atoms with Crippen molar-refractivity contribution in [2.45, 2.75) is 6.42 Å². The summed E-state index contributed by atoms with van der Waals surface area (Å²) < 4.78 is 7.16. The summed E-state index contributed by atoms with van der Waals surface area (Å²) >= 11 is 6.21. The van der Waals surface area contributed by atoms with Crippen LogP contribution < -0.4 is 15.6 Å². The molecule has 0 bridgehead atoms. The molecule has 0 radical (unpaired) electrons. The Morgan fingerprint density at radius 2 is 1.82 bits per heavy atom. The summed E-state index contributed by atoms with van der Waals surface area (Å²) in [7, 11) is 0. The molecule has 1 N–H and O–H groups in total. The fraction of sp³-hybridized carbons (Fsp3) is 0.0769. The Bertz CT molecular complexity index is 1470. The normalized spacial score (nSPS) is 11.1. The van der Waals surface area contributed by atoms with E-state index in [0.29, 0.717) is 23.6 Å². The van der Waals surface area contributed by atoms with Crippen LogP contribution in [0.25, 0.3) is 11.7 Å². The number of nitrogens with one attached hydrogen (secondary N) is 1. The van der Waals surface area contributed by atoms with E-state index in [0.717, 1.165) is 5.56 Å². The lowest BCUT2D eigenvalue weighted by molar-refractivity contribution is -0.117. The average molecular weight is 471 g/mol. The van der Waals surface area contributed by atoms with Crippen LogP contribution in [0.5, 0.6) is 11.6 Å². The van der Waals surface area contributed by atoms with Crippen molar-refractivity contribution >= 4 is 29.2 Å². The minimum Gasteiger partial charge on any atom is -0.437 e. The largest absolute Gasteiger partial charge is 0.437 e. The highest BCUT2D eigenvalue weighted by Gasteiger charge is 2.18. The molecule has 0 atom stereocenters. The number of nitrogens with zero attached hydrogens (tertiary/aromatic N) is 3. The number of pyridine rings is 1. The Kier molecular flexibility index (Phi) is 7.01. The van der Waals surface area contributed by atoms with Gasteiger partial charge in [-0.3, -0.25) is 14.0 Å². The minimum absolute atomic E-state index is 0.0432. The smallest absolute Gasteiger partial charge is 0.269 e. The van der Waals surface area contributed by atoms with E-state index in [4.69, 9.17) is 16.3 Å². The third kappa shape index (κ3) is 5.14. The number of halogens is 1. The van der Waals surface area contributed by atoms with E-state index < -0.39 is 11.5 Å². The highest BCUT2D eigenvalue weighted by molar-refractivity contribution is 6.32. The molecule has 4 aromatic rings. The number of nitriles is 1. The van der Waals surface area contributed by atoms with Crippen molar-refractivity contribution in [1.82, 2.24) is 14.7 Å². The number of aromatic nitrogens is 2. The quantitative estimate of drug-likeness (QED) is 0.319. The van der Waals surface area contributed by atoms with Gasteiger partial charge in [0.25, 0.3) is 11.5 Å². The summed E-state index contributed by atoms with van der Waals surface area (Å²) in [4.78, 5) is 30.3. The van der Waals surface area contributed by atoms with Gasteiger partial charge < -0.3 is 10.1 Å². The van der Waals surface area contributed by atoms with Gasteiger partial charge >= 0.3 is 0 Å². The average Bonchev–Trinajstić information content (AvgIpc) is 2.86. The molecule has 2 aromatic heterocycles. The molecule has 8 heteroatoms. The molecule has 0 fully saturated rings. The molecule has 0 spiro atoms. The summed E-state index contributed by atoms with van der Waals surface area (Å²) in [6.45, 7) is 0.333. The van der Waals surface area contributed by atoms with Crippen LogP contribution in [-0.2, 0) is 11.2 Å². The van der Waals surface area contributed by atoms with Gasteiger partial charge in [-0.2, -0.15) is 10.2 Å². The molecule has 1 amide bonds. The number of ether oxygens (including phenoxy) is 1. The van der Waals surface area contributed by atoms with Crippen molar-refractivity contribution in [1.29, 1.82) is 5.26 Å². The molecule has 4 rings (SSSR count). The van der Waals surface area contributed by atoms with E-state index in [1.165, 1.54) is 10.5 Å². The molecule has 2 heterocycles. The Hall–Kier alpha value is -4.41. The van der Waals surface area contributed by atoms with Gasteiger partial charge in [-0.25, -0.2) is 0 Å². The predicted molar refractivity (Wildman–Crippen MR) is 130 cm³/mol. The zero-order valence-electron chi connectivity index (χ0n) is 17.9. The Morgan fingerprint density at radius 1 is 1.09 bits per heavy atom. The topological polar surface area (TPSA) is 96.5 Å². The van der Waals surface area contributed by atoms with Crippen LogP contribution in [0.4, 0.5) is 0 Å². The molecule has 0 saturated carbocycles. The van der Waals surface area contributed by atoms with Crippen molar-refractivity contribution in [3.8, 4) is 17.7 Å². The summed E-state index contributed by atoms with van der Waals surface area (Å²) in [5.74, 6) is -0.370. The van der Waals surface area contributed by atoms with Crippen molar-refractivity contribution in [2.75, 3.05) is 6.54 Å². The van der Waals surface area contributed by atoms with Crippen molar-refractivity contribution in [2.24, 2.45) is 0 Å². The first-order valence-electron chi connectivity index (χ1n) is 10.4. The van der Waals surface area contributed by atoms with Crippen LogP contribution in [0.15, 0.2) is 89.4 Å². The van der Waals surface area contributed by atoms with Gasteiger partial charge in [0.05, 0.1) is 5.02 Å². The van der Waals surface area contributed by atoms with Gasteiger partial charge in [0, 0.05) is 12.7 Å². The van der Waals surface area contributed by atoms with Crippen molar-refractivity contribution in [3.63, 3.8) is 0 Å². The number of carbonyl (C=O) groups excluding carboxylic acids is 1. The van der Waals surface area contributed by atoms with Gasteiger partial charge in [0.1, 0.15) is 28.6 Å². The molecule has 0 aliphatic carbocycles. The number of carbonyl (C=O) groups is 1. The molecular weight excluding hydrogens is 452 g/mol. The third-order valence-corrected chi connectivity index (χ3v) is 5.29. The lowest BCUT2D eigenvalue weighted by Crippen LogP contribution is -2.27. The van der Waals surface area contributed by atoms with Gasteiger partial charge in [0.15, 0.2) is 0 Å². The number of hydrogen-bond acceptors (Lipinski definition) is 5. The minimum atomic E-state index is -0.598.